The maximum atomic E-state index is 14.0. The minimum Gasteiger partial charge on any atom is -0.478 e. The van der Waals surface area contributed by atoms with E-state index in [1.807, 2.05) is 4.90 Å². The van der Waals surface area contributed by atoms with Crippen LogP contribution < -0.4 is 10.3 Å². The van der Waals surface area contributed by atoms with E-state index in [4.69, 9.17) is 4.42 Å². The number of hydrazone groups is 1. The van der Waals surface area contributed by atoms with Gasteiger partial charge in [0, 0.05) is 18.7 Å². The number of carboxylic acid groups (broad SMARTS) is 1. The molecular formula is C20H18FN5O3. The number of nitrogens with one attached hydrogen (secondary N) is 1. The highest BCUT2D eigenvalue weighted by molar-refractivity contribution is 5.95. The van der Waals surface area contributed by atoms with Crippen LogP contribution in [-0.4, -0.2) is 40.3 Å². The van der Waals surface area contributed by atoms with E-state index < -0.39 is 11.8 Å². The Labute approximate surface area is 165 Å². The van der Waals surface area contributed by atoms with Crippen LogP contribution >= 0.6 is 0 Å². The number of aromatic carboxylic acids is 1. The van der Waals surface area contributed by atoms with Crippen molar-refractivity contribution in [1.29, 1.82) is 0 Å². The molecule has 4 rings (SSSR count). The molecule has 0 saturated carbocycles. The summed E-state index contributed by atoms with van der Waals surface area (Å²) in [5.74, 6) is -0.230. The van der Waals surface area contributed by atoms with Crippen LogP contribution in [0.3, 0.4) is 0 Å². The third-order valence-corrected chi connectivity index (χ3v) is 4.54. The van der Waals surface area contributed by atoms with Crippen molar-refractivity contribution in [3.63, 3.8) is 0 Å². The predicted molar refractivity (Wildman–Crippen MR) is 106 cm³/mol. The zero-order chi connectivity index (χ0) is 20.2. The lowest BCUT2D eigenvalue weighted by Gasteiger charge is -2.16. The number of halogens is 1. The number of carboxylic acids is 1. The fraction of sp³-hybridized carbons (Fsp3) is 0.200. The quantitative estimate of drug-likeness (QED) is 0.485. The average molecular weight is 395 g/mol. The standard InChI is InChI=1S/C20H18FN5O3/c21-16-12-22-20(24-18(16)26-9-3-4-10-26)25-23-11-13-7-8-17(29-13)14-5-1-2-6-15(14)19(27)28/h1-2,5-8,11-12H,3-4,9-10H2,(H,27,28)(H,22,24,25). The number of benzene rings is 1. The largest absolute Gasteiger partial charge is 0.478 e. The minimum atomic E-state index is -1.03. The maximum absolute atomic E-state index is 14.0. The van der Waals surface area contributed by atoms with Gasteiger partial charge in [0.05, 0.1) is 18.0 Å². The van der Waals surface area contributed by atoms with Crippen LogP contribution in [0.5, 0.6) is 0 Å². The van der Waals surface area contributed by atoms with Gasteiger partial charge >= 0.3 is 5.97 Å². The van der Waals surface area contributed by atoms with Crippen molar-refractivity contribution in [2.75, 3.05) is 23.4 Å². The normalized spacial score (nSPS) is 13.9. The van der Waals surface area contributed by atoms with Crippen LogP contribution in [0, 0.1) is 5.82 Å². The second kappa shape index (κ2) is 8.09. The van der Waals surface area contributed by atoms with E-state index in [9.17, 15) is 14.3 Å². The van der Waals surface area contributed by atoms with Gasteiger partial charge in [-0.1, -0.05) is 18.2 Å². The molecule has 0 bridgehead atoms. The van der Waals surface area contributed by atoms with Gasteiger partial charge in [0.25, 0.3) is 0 Å². The Bertz CT molecular complexity index is 1060. The van der Waals surface area contributed by atoms with Crippen molar-refractivity contribution < 1.29 is 18.7 Å². The van der Waals surface area contributed by atoms with Gasteiger partial charge in [-0.15, -0.1) is 0 Å². The molecule has 0 amide bonds. The van der Waals surface area contributed by atoms with Crippen LogP contribution in [0.15, 0.2) is 52.1 Å². The Balaban J connectivity index is 1.47. The molecule has 0 atom stereocenters. The average Bonchev–Trinajstić information content (AvgIpc) is 3.41. The summed E-state index contributed by atoms with van der Waals surface area (Å²) in [6.07, 6.45) is 4.55. The first kappa shape index (κ1) is 18.6. The molecule has 1 saturated heterocycles. The van der Waals surface area contributed by atoms with Crippen LogP contribution in [0.4, 0.5) is 16.2 Å². The maximum Gasteiger partial charge on any atom is 0.336 e. The number of aromatic nitrogens is 2. The first-order valence-electron chi connectivity index (χ1n) is 9.11. The van der Waals surface area contributed by atoms with Gasteiger partial charge in [0.15, 0.2) is 11.6 Å². The van der Waals surface area contributed by atoms with Crippen molar-refractivity contribution in [3.05, 3.63) is 59.7 Å². The highest BCUT2D eigenvalue weighted by Gasteiger charge is 2.18. The molecule has 0 radical (unpaired) electrons. The first-order chi connectivity index (χ1) is 14.1. The highest BCUT2D eigenvalue weighted by Crippen LogP contribution is 2.25. The Hall–Kier alpha value is -3.75. The second-order valence-electron chi connectivity index (χ2n) is 6.48. The van der Waals surface area contributed by atoms with E-state index in [0.29, 0.717) is 17.1 Å². The molecular weight excluding hydrogens is 377 g/mol. The van der Waals surface area contributed by atoms with Crippen molar-refractivity contribution in [2.24, 2.45) is 5.10 Å². The molecule has 0 spiro atoms. The van der Waals surface area contributed by atoms with E-state index >= 15 is 0 Å². The molecule has 148 valence electrons. The fourth-order valence-electron chi connectivity index (χ4n) is 3.17. The summed E-state index contributed by atoms with van der Waals surface area (Å²) in [5.41, 5.74) is 3.29. The Morgan fingerprint density at radius 2 is 2.03 bits per heavy atom. The Morgan fingerprint density at radius 1 is 1.24 bits per heavy atom. The van der Waals surface area contributed by atoms with Crippen molar-refractivity contribution in [1.82, 2.24) is 9.97 Å². The number of furan rings is 1. The molecule has 3 aromatic rings. The van der Waals surface area contributed by atoms with Gasteiger partial charge < -0.3 is 14.4 Å². The summed E-state index contributed by atoms with van der Waals surface area (Å²) >= 11 is 0. The van der Waals surface area contributed by atoms with Crippen molar-refractivity contribution >= 4 is 24.0 Å². The lowest BCUT2D eigenvalue weighted by Crippen LogP contribution is -2.21. The first-order valence-corrected chi connectivity index (χ1v) is 9.11. The van der Waals surface area contributed by atoms with E-state index in [2.05, 4.69) is 20.5 Å². The molecule has 1 aliphatic rings. The van der Waals surface area contributed by atoms with Gasteiger partial charge in [0.2, 0.25) is 5.95 Å². The zero-order valence-electron chi connectivity index (χ0n) is 15.4. The summed E-state index contributed by atoms with van der Waals surface area (Å²) < 4.78 is 19.6. The lowest BCUT2D eigenvalue weighted by atomic mass is 10.1. The molecule has 3 heterocycles. The smallest absolute Gasteiger partial charge is 0.336 e. The minimum absolute atomic E-state index is 0.151. The monoisotopic (exact) mass is 395 g/mol. The van der Waals surface area contributed by atoms with Crippen LogP contribution in [0.25, 0.3) is 11.3 Å². The summed E-state index contributed by atoms with van der Waals surface area (Å²) in [7, 11) is 0. The third-order valence-electron chi connectivity index (χ3n) is 4.54. The molecule has 2 N–H and O–H groups in total. The number of nitrogens with zero attached hydrogens (tertiary/aromatic N) is 4. The zero-order valence-corrected chi connectivity index (χ0v) is 15.4. The van der Waals surface area contributed by atoms with Crippen LogP contribution in [-0.2, 0) is 0 Å². The molecule has 1 aliphatic heterocycles. The molecule has 8 nitrogen and oxygen atoms in total. The summed E-state index contributed by atoms with van der Waals surface area (Å²) in [5, 5.41) is 13.3. The summed E-state index contributed by atoms with van der Waals surface area (Å²) in [6.45, 7) is 1.53. The SMILES string of the molecule is O=C(O)c1ccccc1-c1ccc(C=NNc2ncc(F)c(N3CCCC3)n2)o1. The predicted octanol–water partition coefficient (Wildman–Crippen LogP) is 3.62. The van der Waals surface area contributed by atoms with Crippen molar-refractivity contribution in [3.8, 4) is 11.3 Å². The number of hydrogen-bond donors (Lipinski definition) is 2. The van der Waals surface area contributed by atoms with Gasteiger partial charge in [-0.25, -0.2) is 19.6 Å². The van der Waals surface area contributed by atoms with E-state index in [0.717, 1.165) is 32.1 Å². The lowest BCUT2D eigenvalue weighted by molar-refractivity contribution is 0.0697. The molecule has 1 aromatic carbocycles. The molecule has 1 fully saturated rings. The van der Waals surface area contributed by atoms with Crippen molar-refractivity contribution in [2.45, 2.75) is 12.8 Å². The van der Waals surface area contributed by atoms with E-state index in [-0.39, 0.29) is 17.3 Å². The number of rotatable bonds is 6. The van der Waals surface area contributed by atoms with Crippen LogP contribution in [0.2, 0.25) is 0 Å². The highest BCUT2D eigenvalue weighted by atomic mass is 19.1. The van der Waals surface area contributed by atoms with Gasteiger partial charge in [-0.05, 0) is 31.0 Å². The van der Waals surface area contributed by atoms with Gasteiger partial charge in [-0.2, -0.15) is 10.1 Å². The van der Waals surface area contributed by atoms with Gasteiger partial charge in [-0.3, -0.25) is 0 Å². The molecule has 2 aromatic heterocycles. The number of hydrogen-bond acceptors (Lipinski definition) is 7. The Kier molecular flexibility index (Phi) is 5.19. The van der Waals surface area contributed by atoms with Crippen LogP contribution in [0.1, 0.15) is 29.0 Å². The number of anilines is 2. The van der Waals surface area contributed by atoms with Gasteiger partial charge in [0.1, 0.15) is 11.5 Å². The topological polar surface area (TPSA) is 104 Å². The summed E-state index contributed by atoms with van der Waals surface area (Å²) in [4.78, 5) is 21.3. The second-order valence-corrected chi connectivity index (χ2v) is 6.48. The van der Waals surface area contributed by atoms with E-state index in [1.165, 1.54) is 12.3 Å². The fourth-order valence-corrected chi connectivity index (χ4v) is 3.17. The molecule has 0 aliphatic carbocycles. The third kappa shape index (κ3) is 4.08. The molecule has 9 heteroatoms. The molecule has 29 heavy (non-hydrogen) atoms. The van der Waals surface area contributed by atoms with E-state index in [1.54, 1.807) is 30.3 Å². The number of carbonyl (C=O) groups is 1. The molecule has 0 unspecified atom stereocenters. The summed E-state index contributed by atoms with van der Waals surface area (Å²) in [6, 6.07) is 9.92. The Morgan fingerprint density at radius 3 is 2.83 bits per heavy atom.